The number of carbonyl (C=O) groups excluding carboxylic acids is 1. The second-order valence-electron chi connectivity index (χ2n) is 7.63. The molecule has 29 heavy (non-hydrogen) atoms. The quantitative estimate of drug-likeness (QED) is 0.537. The predicted molar refractivity (Wildman–Crippen MR) is 111 cm³/mol. The van der Waals surface area contributed by atoms with Crippen LogP contribution in [0.2, 0.25) is 5.02 Å². The summed E-state index contributed by atoms with van der Waals surface area (Å²) in [4.78, 5) is 23.4. The molecule has 1 aromatic rings. The number of hydrogen-bond acceptors (Lipinski definition) is 4. The van der Waals surface area contributed by atoms with Gasteiger partial charge in [-0.15, -0.1) is 0 Å². The smallest absolute Gasteiger partial charge is 0.322 e. The number of halogens is 1. The fourth-order valence-corrected chi connectivity index (χ4v) is 4.86. The van der Waals surface area contributed by atoms with E-state index in [9.17, 15) is 23.1 Å². The number of aliphatic carboxylic acids is 1. The lowest BCUT2D eigenvalue weighted by atomic mass is 9.94. The summed E-state index contributed by atoms with van der Waals surface area (Å²) in [6, 6.07) is 6.06. The van der Waals surface area contributed by atoms with Gasteiger partial charge in [0.1, 0.15) is 6.04 Å². The first-order chi connectivity index (χ1) is 13.6. The normalized spacial score (nSPS) is 17.2. The molecular weight excluding hydrogens is 418 g/mol. The van der Waals surface area contributed by atoms with Gasteiger partial charge in [-0.3, -0.25) is 9.59 Å². The van der Waals surface area contributed by atoms with Gasteiger partial charge in [-0.05, 0) is 42.4 Å². The van der Waals surface area contributed by atoms with E-state index in [1.54, 1.807) is 26.0 Å². The van der Waals surface area contributed by atoms with E-state index in [0.717, 1.165) is 5.56 Å². The van der Waals surface area contributed by atoms with E-state index in [2.05, 4.69) is 10.0 Å². The van der Waals surface area contributed by atoms with E-state index in [0.29, 0.717) is 30.8 Å². The minimum absolute atomic E-state index is 0.0786. The molecule has 1 aromatic carbocycles. The van der Waals surface area contributed by atoms with Crippen molar-refractivity contribution < 1.29 is 23.1 Å². The molecule has 0 aromatic heterocycles. The number of rotatable bonds is 9. The van der Waals surface area contributed by atoms with E-state index in [1.807, 2.05) is 12.1 Å². The molecule has 1 aliphatic rings. The summed E-state index contributed by atoms with van der Waals surface area (Å²) in [6.07, 6.45) is 1.43. The highest BCUT2D eigenvalue weighted by atomic mass is 35.5. The second kappa shape index (κ2) is 10.4. The van der Waals surface area contributed by atoms with Crippen LogP contribution in [0.4, 0.5) is 0 Å². The van der Waals surface area contributed by atoms with Gasteiger partial charge >= 0.3 is 5.97 Å². The molecule has 2 rings (SSSR count). The van der Waals surface area contributed by atoms with Crippen LogP contribution >= 0.6 is 11.6 Å². The highest BCUT2D eigenvalue weighted by Crippen LogP contribution is 2.22. The molecule has 3 N–H and O–H groups in total. The van der Waals surface area contributed by atoms with Crippen molar-refractivity contribution in [2.45, 2.75) is 45.7 Å². The van der Waals surface area contributed by atoms with Crippen LogP contribution < -0.4 is 10.0 Å². The third-order valence-electron chi connectivity index (χ3n) is 5.00. The molecule has 0 spiro atoms. The number of carboxylic acid groups (broad SMARTS) is 1. The van der Waals surface area contributed by atoms with Crippen molar-refractivity contribution in [2.75, 3.05) is 13.1 Å². The number of amides is 1. The molecule has 1 amide bonds. The first-order valence-corrected chi connectivity index (χ1v) is 11.4. The number of carbonyl (C=O) groups is 2. The van der Waals surface area contributed by atoms with Crippen molar-refractivity contribution in [1.29, 1.82) is 0 Å². The fourth-order valence-electron chi connectivity index (χ4n) is 3.20. The van der Waals surface area contributed by atoms with E-state index in [1.165, 1.54) is 4.31 Å². The maximum Gasteiger partial charge on any atom is 0.322 e. The molecule has 8 nitrogen and oxygen atoms in total. The Kier molecular flexibility index (Phi) is 8.45. The van der Waals surface area contributed by atoms with Gasteiger partial charge in [0.2, 0.25) is 5.91 Å². The Morgan fingerprint density at radius 1 is 1.21 bits per heavy atom. The zero-order chi connectivity index (χ0) is 21.6. The summed E-state index contributed by atoms with van der Waals surface area (Å²) in [5.41, 5.74) is 0.952. The maximum absolute atomic E-state index is 12.5. The first-order valence-electron chi connectivity index (χ1n) is 9.60. The van der Waals surface area contributed by atoms with Crippen LogP contribution in [0.3, 0.4) is 0 Å². The Bertz CT molecular complexity index is 806. The highest BCUT2D eigenvalue weighted by molar-refractivity contribution is 7.87. The van der Waals surface area contributed by atoms with Gasteiger partial charge in [0.25, 0.3) is 10.2 Å². The van der Waals surface area contributed by atoms with Gasteiger partial charge in [0.15, 0.2) is 0 Å². The van der Waals surface area contributed by atoms with Crippen LogP contribution in [0, 0.1) is 11.8 Å². The number of nitrogens with one attached hydrogen (secondary N) is 2. The third-order valence-corrected chi connectivity index (χ3v) is 6.85. The Labute approximate surface area is 176 Å². The van der Waals surface area contributed by atoms with Gasteiger partial charge < -0.3 is 10.4 Å². The molecule has 1 fully saturated rings. The second-order valence-corrected chi connectivity index (χ2v) is 9.77. The van der Waals surface area contributed by atoms with Gasteiger partial charge in [0, 0.05) is 31.1 Å². The van der Waals surface area contributed by atoms with Crippen molar-refractivity contribution >= 4 is 33.7 Å². The molecule has 0 unspecified atom stereocenters. The largest absolute Gasteiger partial charge is 0.480 e. The molecular formula is C19H28ClN3O5S. The molecule has 0 bridgehead atoms. The molecule has 1 atom stereocenters. The van der Waals surface area contributed by atoms with Crippen LogP contribution in [-0.2, 0) is 26.3 Å². The molecule has 162 valence electrons. The molecule has 1 aliphatic heterocycles. The van der Waals surface area contributed by atoms with Gasteiger partial charge in [-0.25, -0.2) is 0 Å². The van der Waals surface area contributed by atoms with Crippen LogP contribution in [0.5, 0.6) is 0 Å². The van der Waals surface area contributed by atoms with E-state index >= 15 is 0 Å². The Balaban J connectivity index is 1.79. The van der Waals surface area contributed by atoms with E-state index in [4.69, 9.17) is 11.6 Å². The lowest BCUT2D eigenvalue weighted by Crippen LogP contribution is -2.52. The third kappa shape index (κ3) is 7.26. The number of hydrogen-bond donors (Lipinski definition) is 3. The lowest BCUT2D eigenvalue weighted by molar-refractivity contribution is -0.140. The average Bonchev–Trinajstić information content (AvgIpc) is 2.66. The maximum atomic E-state index is 12.5. The lowest BCUT2D eigenvalue weighted by Gasteiger charge is -2.32. The average molecular weight is 446 g/mol. The predicted octanol–water partition coefficient (Wildman–Crippen LogP) is 2.00. The Morgan fingerprint density at radius 3 is 2.31 bits per heavy atom. The molecule has 1 saturated heterocycles. The van der Waals surface area contributed by atoms with Crippen LogP contribution in [0.15, 0.2) is 24.3 Å². The Morgan fingerprint density at radius 2 is 1.79 bits per heavy atom. The van der Waals surface area contributed by atoms with Crippen molar-refractivity contribution in [3.63, 3.8) is 0 Å². The zero-order valence-corrected chi connectivity index (χ0v) is 18.2. The molecule has 0 aliphatic carbocycles. The zero-order valence-electron chi connectivity index (χ0n) is 16.6. The molecule has 0 saturated carbocycles. The van der Waals surface area contributed by atoms with Gasteiger partial charge in [0.05, 0.1) is 0 Å². The highest BCUT2D eigenvalue weighted by Gasteiger charge is 2.33. The van der Waals surface area contributed by atoms with Crippen LogP contribution in [0.25, 0.3) is 0 Å². The summed E-state index contributed by atoms with van der Waals surface area (Å²) in [5.74, 6) is -1.56. The van der Waals surface area contributed by atoms with Crippen molar-refractivity contribution in [1.82, 2.24) is 14.3 Å². The monoisotopic (exact) mass is 445 g/mol. The number of carboxylic acids is 1. The van der Waals surface area contributed by atoms with Crippen molar-refractivity contribution in [2.24, 2.45) is 11.8 Å². The summed E-state index contributed by atoms with van der Waals surface area (Å²) < 4.78 is 28.5. The minimum Gasteiger partial charge on any atom is -0.480 e. The van der Waals surface area contributed by atoms with Gasteiger partial charge in [-0.2, -0.15) is 17.4 Å². The number of nitrogens with zero attached hydrogens (tertiary/aromatic N) is 1. The molecule has 1 heterocycles. The summed E-state index contributed by atoms with van der Waals surface area (Å²) in [5, 5.41) is 12.7. The SMILES string of the molecule is CC(C)[C@@H](NS(=O)(=O)N1CCC(CC(=O)NCc2ccc(Cl)cc2)CC1)C(=O)O. The van der Waals surface area contributed by atoms with E-state index in [-0.39, 0.29) is 30.8 Å². The standard InChI is InChI=1S/C19H28ClN3O5S/c1-13(2)18(19(25)26)22-29(27,28)23-9-7-14(8-10-23)11-17(24)21-12-15-3-5-16(20)6-4-15/h3-6,13-14,18,22H,7-12H2,1-2H3,(H,21,24)(H,25,26)/t18-/m1/s1. The number of benzene rings is 1. The topological polar surface area (TPSA) is 116 Å². The molecule has 10 heteroatoms. The number of piperidine rings is 1. The van der Waals surface area contributed by atoms with Crippen molar-refractivity contribution in [3.05, 3.63) is 34.9 Å². The van der Waals surface area contributed by atoms with Crippen LogP contribution in [-0.4, -0.2) is 48.8 Å². The fraction of sp³-hybridized carbons (Fsp3) is 0.579. The van der Waals surface area contributed by atoms with Crippen LogP contribution in [0.1, 0.15) is 38.7 Å². The summed E-state index contributed by atoms with van der Waals surface area (Å²) >= 11 is 5.84. The summed E-state index contributed by atoms with van der Waals surface area (Å²) in [7, 11) is -3.88. The van der Waals surface area contributed by atoms with E-state index < -0.39 is 22.2 Å². The molecule has 0 radical (unpaired) electrons. The summed E-state index contributed by atoms with van der Waals surface area (Å²) in [6.45, 7) is 4.23. The Hall–Kier alpha value is -1.68. The van der Waals surface area contributed by atoms with Gasteiger partial charge in [-0.1, -0.05) is 37.6 Å². The van der Waals surface area contributed by atoms with Crippen molar-refractivity contribution in [3.8, 4) is 0 Å². The minimum atomic E-state index is -3.88. The first kappa shape index (κ1) is 23.6.